The lowest BCUT2D eigenvalue weighted by atomic mass is 10.00. The smallest absolute Gasteiger partial charge is 0.407 e. The van der Waals surface area contributed by atoms with Crippen LogP contribution in [0.2, 0.25) is 0 Å². The first-order valence-electron chi connectivity index (χ1n) is 9.95. The molecule has 1 saturated heterocycles. The first-order chi connectivity index (χ1) is 14.5. The molecule has 2 aromatic carbocycles. The standard InChI is InChI=1S/C23H28N2O5/c1-16-9-10-18(13-19(16)22(26)29-3)25-12-11-20(21(14-25)28-2)24-23(27)30-15-17-7-5-4-6-8-17/h4-10,13,20-21H,11-12,14-15H2,1-3H3,(H,24,27)/t20-,21+/m1/s1. The second-order valence-corrected chi connectivity index (χ2v) is 7.31. The number of carbonyl (C=O) groups is 2. The fraction of sp³-hybridized carbons (Fsp3) is 0.391. The van der Waals surface area contributed by atoms with Gasteiger partial charge in [-0.3, -0.25) is 0 Å². The van der Waals surface area contributed by atoms with Crippen molar-refractivity contribution in [1.82, 2.24) is 5.32 Å². The molecule has 0 bridgehead atoms. The third-order valence-electron chi connectivity index (χ3n) is 5.37. The Hall–Kier alpha value is -3.06. The van der Waals surface area contributed by atoms with Crippen LogP contribution in [0, 0.1) is 6.92 Å². The van der Waals surface area contributed by atoms with Crippen LogP contribution in [0.5, 0.6) is 0 Å². The Morgan fingerprint density at radius 1 is 1.13 bits per heavy atom. The average Bonchev–Trinajstić information content (AvgIpc) is 2.78. The van der Waals surface area contributed by atoms with Gasteiger partial charge in [0, 0.05) is 25.9 Å². The molecule has 0 saturated carbocycles. The number of carbonyl (C=O) groups excluding carboxylic acids is 2. The van der Waals surface area contributed by atoms with Crippen molar-refractivity contribution in [2.45, 2.75) is 32.1 Å². The van der Waals surface area contributed by atoms with E-state index in [1.165, 1.54) is 7.11 Å². The minimum Gasteiger partial charge on any atom is -0.465 e. The number of ether oxygens (including phenoxy) is 3. The first-order valence-corrected chi connectivity index (χ1v) is 9.95. The zero-order valence-electron chi connectivity index (χ0n) is 17.6. The molecule has 1 aliphatic heterocycles. The van der Waals surface area contributed by atoms with Gasteiger partial charge in [0.2, 0.25) is 0 Å². The van der Waals surface area contributed by atoms with E-state index in [0.29, 0.717) is 25.1 Å². The quantitative estimate of drug-likeness (QED) is 0.734. The van der Waals surface area contributed by atoms with E-state index in [4.69, 9.17) is 14.2 Å². The minimum atomic E-state index is -0.456. The normalized spacial score (nSPS) is 18.6. The molecular weight excluding hydrogens is 384 g/mol. The monoisotopic (exact) mass is 412 g/mol. The van der Waals surface area contributed by atoms with E-state index in [2.05, 4.69) is 10.2 Å². The number of rotatable bonds is 6. The Kier molecular flexibility index (Phi) is 7.30. The topological polar surface area (TPSA) is 77.1 Å². The van der Waals surface area contributed by atoms with E-state index in [1.54, 1.807) is 7.11 Å². The summed E-state index contributed by atoms with van der Waals surface area (Å²) in [7, 11) is 3.01. The van der Waals surface area contributed by atoms with Crippen LogP contribution >= 0.6 is 0 Å². The maximum atomic E-state index is 12.2. The molecule has 0 aromatic heterocycles. The molecule has 1 fully saturated rings. The van der Waals surface area contributed by atoms with E-state index in [1.807, 2.05) is 55.5 Å². The molecule has 160 valence electrons. The fourth-order valence-electron chi connectivity index (χ4n) is 3.61. The van der Waals surface area contributed by atoms with Crippen molar-refractivity contribution >= 4 is 17.7 Å². The summed E-state index contributed by atoms with van der Waals surface area (Å²) in [5.41, 5.74) is 3.28. The number of piperidine rings is 1. The number of methoxy groups -OCH3 is 2. The predicted molar refractivity (Wildman–Crippen MR) is 114 cm³/mol. The number of nitrogens with zero attached hydrogens (tertiary/aromatic N) is 1. The third-order valence-corrected chi connectivity index (χ3v) is 5.37. The van der Waals surface area contributed by atoms with E-state index < -0.39 is 6.09 Å². The summed E-state index contributed by atoms with van der Waals surface area (Å²) in [5, 5.41) is 2.92. The summed E-state index contributed by atoms with van der Waals surface area (Å²) in [6.45, 7) is 3.41. The van der Waals surface area contributed by atoms with Gasteiger partial charge in [0.25, 0.3) is 0 Å². The molecule has 3 rings (SSSR count). The lowest BCUT2D eigenvalue weighted by Gasteiger charge is -2.39. The molecule has 1 N–H and O–H groups in total. The number of hydrogen-bond donors (Lipinski definition) is 1. The van der Waals surface area contributed by atoms with Crippen molar-refractivity contribution in [2.24, 2.45) is 0 Å². The number of hydrogen-bond acceptors (Lipinski definition) is 6. The van der Waals surface area contributed by atoms with Crippen molar-refractivity contribution in [3.8, 4) is 0 Å². The number of nitrogens with one attached hydrogen (secondary N) is 1. The molecule has 1 amide bonds. The molecule has 0 radical (unpaired) electrons. The van der Waals surface area contributed by atoms with Gasteiger partial charge in [-0.25, -0.2) is 9.59 Å². The molecule has 0 aliphatic carbocycles. The second kappa shape index (κ2) is 10.1. The third kappa shape index (κ3) is 5.30. The molecule has 1 aliphatic rings. The summed E-state index contributed by atoms with van der Waals surface area (Å²) in [4.78, 5) is 26.4. The van der Waals surface area contributed by atoms with Gasteiger partial charge in [0.1, 0.15) is 6.61 Å². The molecular formula is C23H28N2O5. The van der Waals surface area contributed by atoms with Crippen LogP contribution in [0.4, 0.5) is 10.5 Å². The first kappa shape index (κ1) is 21.6. The molecule has 1 heterocycles. The Labute approximate surface area is 176 Å². The largest absolute Gasteiger partial charge is 0.465 e. The Bertz CT molecular complexity index is 871. The number of aryl methyl sites for hydroxylation is 1. The molecule has 7 nitrogen and oxygen atoms in total. The lowest BCUT2D eigenvalue weighted by molar-refractivity contribution is 0.0545. The van der Waals surface area contributed by atoms with Gasteiger partial charge >= 0.3 is 12.1 Å². The van der Waals surface area contributed by atoms with Crippen molar-refractivity contribution in [2.75, 3.05) is 32.2 Å². The summed E-state index contributed by atoms with van der Waals surface area (Å²) < 4.78 is 15.8. The summed E-state index contributed by atoms with van der Waals surface area (Å²) in [6.07, 6.45) is 0.0361. The highest BCUT2D eigenvalue weighted by atomic mass is 16.5. The van der Waals surface area contributed by atoms with Crippen LogP contribution in [-0.2, 0) is 20.8 Å². The van der Waals surface area contributed by atoms with Crippen LogP contribution in [0.25, 0.3) is 0 Å². The Morgan fingerprint density at radius 2 is 1.90 bits per heavy atom. The summed E-state index contributed by atoms with van der Waals surface area (Å²) in [5.74, 6) is -0.352. The van der Waals surface area contributed by atoms with Crippen molar-refractivity contribution in [3.05, 3.63) is 65.2 Å². The molecule has 7 heteroatoms. The van der Waals surface area contributed by atoms with Gasteiger partial charge in [-0.05, 0) is 36.6 Å². The molecule has 0 unspecified atom stereocenters. The SMILES string of the molecule is COC(=O)c1cc(N2CC[C@@H](NC(=O)OCc3ccccc3)[C@@H](OC)C2)ccc1C. The predicted octanol–water partition coefficient (Wildman–Crippen LogP) is 3.30. The van der Waals surface area contributed by atoms with Gasteiger partial charge < -0.3 is 24.4 Å². The highest BCUT2D eigenvalue weighted by molar-refractivity contribution is 5.92. The average molecular weight is 412 g/mol. The van der Waals surface area contributed by atoms with E-state index >= 15 is 0 Å². The number of esters is 1. The van der Waals surface area contributed by atoms with Crippen LogP contribution in [0.15, 0.2) is 48.5 Å². The van der Waals surface area contributed by atoms with Crippen LogP contribution in [0.1, 0.15) is 27.9 Å². The van der Waals surface area contributed by atoms with E-state index in [-0.39, 0.29) is 24.7 Å². The van der Waals surface area contributed by atoms with Crippen molar-refractivity contribution in [3.63, 3.8) is 0 Å². The lowest BCUT2D eigenvalue weighted by Crippen LogP contribution is -2.55. The van der Waals surface area contributed by atoms with Crippen molar-refractivity contribution < 1.29 is 23.8 Å². The van der Waals surface area contributed by atoms with Gasteiger partial charge in [-0.15, -0.1) is 0 Å². The Balaban J connectivity index is 1.59. The zero-order valence-corrected chi connectivity index (χ0v) is 17.6. The maximum absolute atomic E-state index is 12.2. The summed E-state index contributed by atoms with van der Waals surface area (Å²) >= 11 is 0. The van der Waals surface area contributed by atoms with Crippen LogP contribution in [-0.4, -0.2) is 51.5 Å². The van der Waals surface area contributed by atoms with Crippen molar-refractivity contribution in [1.29, 1.82) is 0 Å². The van der Waals surface area contributed by atoms with Gasteiger partial charge in [-0.1, -0.05) is 36.4 Å². The molecule has 0 spiro atoms. The number of anilines is 1. The minimum absolute atomic E-state index is 0.153. The summed E-state index contributed by atoms with van der Waals surface area (Å²) in [6, 6.07) is 15.1. The number of amides is 1. The second-order valence-electron chi connectivity index (χ2n) is 7.31. The fourth-order valence-corrected chi connectivity index (χ4v) is 3.61. The molecule has 30 heavy (non-hydrogen) atoms. The highest BCUT2D eigenvalue weighted by Crippen LogP contribution is 2.25. The van der Waals surface area contributed by atoms with E-state index in [9.17, 15) is 9.59 Å². The number of alkyl carbamates (subject to hydrolysis) is 1. The zero-order chi connectivity index (χ0) is 21.5. The molecule has 2 aromatic rings. The Morgan fingerprint density at radius 3 is 2.60 bits per heavy atom. The van der Waals surface area contributed by atoms with Gasteiger partial charge in [0.05, 0.1) is 24.8 Å². The van der Waals surface area contributed by atoms with E-state index in [0.717, 1.165) is 16.8 Å². The van der Waals surface area contributed by atoms with Crippen LogP contribution < -0.4 is 10.2 Å². The van der Waals surface area contributed by atoms with Crippen LogP contribution in [0.3, 0.4) is 0 Å². The van der Waals surface area contributed by atoms with Gasteiger partial charge in [-0.2, -0.15) is 0 Å². The number of benzene rings is 2. The highest BCUT2D eigenvalue weighted by Gasteiger charge is 2.31. The van der Waals surface area contributed by atoms with Gasteiger partial charge in [0.15, 0.2) is 0 Å². The maximum Gasteiger partial charge on any atom is 0.407 e. The molecule has 2 atom stereocenters.